The fourth-order valence-corrected chi connectivity index (χ4v) is 3.08. The fourth-order valence-electron chi connectivity index (χ4n) is 2.40. The van der Waals surface area contributed by atoms with Gasteiger partial charge in [-0.25, -0.2) is 9.97 Å². The number of Topliss-reactive ketones (excluding diaryl/α,β-unsaturated/α-hetero) is 1. The van der Waals surface area contributed by atoms with Crippen LogP contribution in [0.3, 0.4) is 0 Å². The van der Waals surface area contributed by atoms with Gasteiger partial charge in [0.2, 0.25) is 11.6 Å². The van der Waals surface area contributed by atoms with E-state index in [4.69, 9.17) is 5.73 Å². The van der Waals surface area contributed by atoms with Crippen LogP contribution < -0.4 is 11.1 Å². The van der Waals surface area contributed by atoms with E-state index in [0.717, 1.165) is 5.56 Å². The van der Waals surface area contributed by atoms with E-state index >= 15 is 0 Å². The van der Waals surface area contributed by atoms with Crippen molar-refractivity contribution >= 4 is 28.9 Å². The number of primary amides is 1. The van der Waals surface area contributed by atoms with Crippen molar-refractivity contribution in [2.45, 2.75) is 12.5 Å². The van der Waals surface area contributed by atoms with Crippen LogP contribution in [0.2, 0.25) is 0 Å². The molecule has 3 N–H and O–H groups in total. The number of ketones is 1. The monoisotopic (exact) mass is 369 g/mol. The molecule has 8 nitrogen and oxygen atoms in total. The number of aromatic nitrogens is 3. The molecule has 2 amide bonds. The highest BCUT2D eigenvalue weighted by Crippen LogP contribution is 2.11. The van der Waals surface area contributed by atoms with Gasteiger partial charge in [0.05, 0.1) is 0 Å². The molecule has 0 aliphatic carbocycles. The van der Waals surface area contributed by atoms with E-state index in [2.05, 4.69) is 15.3 Å². The Kier molecular flexibility index (Phi) is 5.18. The van der Waals surface area contributed by atoms with Crippen LogP contribution in [0, 0.1) is 0 Å². The lowest BCUT2D eigenvalue weighted by atomic mass is 10.0. The molecule has 0 radical (unpaired) electrons. The molecule has 9 heteroatoms. The second kappa shape index (κ2) is 7.70. The Hall–Kier alpha value is -3.33. The van der Waals surface area contributed by atoms with E-state index in [1.165, 1.54) is 22.1 Å². The zero-order chi connectivity index (χ0) is 18.5. The molecule has 3 aromatic rings. The van der Waals surface area contributed by atoms with Gasteiger partial charge in [0.1, 0.15) is 11.9 Å². The zero-order valence-corrected chi connectivity index (χ0v) is 14.3. The standard InChI is InChI=1S/C17H15N5O3S/c18-15(24)14(23)12(9-11-4-8-26-10-11)21-17(25)16-20-6-7-22(16)13-3-1-2-5-19-13/h1-8,10,12H,9H2,(H2,18,24)(H,21,25). The van der Waals surface area contributed by atoms with E-state index < -0.39 is 23.6 Å². The van der Waals surface area contributed by atoms with Crippen molar-refractivity contribution in [2.24, 2.45) is 5.73 Å². The Balaban J connectivity index is 1.83. The molecule has 0 aromatic carbocycles. The van der Waals surface area contributed by atoms with Gasteiger partial charge in [-0.15, -0.1) is 0 Å². The minimum Gasteiger partial charge on any atom is -0.363 e. The number of hydrogen-bond acceptors (Lipinski definition) is 6. The lowest BCUT2D eigenvalue weighted by molar-refractivity contribution is -0.137. The van der Waals surface area contributed by atoms with Crippen molar-refractivity contribution in [3.8, 4) is 5.82 Å². The highest BCUT2D eigenvalue weighted by atomic mass is 32.1. The summed E-state index contributed by atoms with van der Waals surface area (Å²) in [5, 5.41) is 6.23. The van der Waals surface area contributed by atoms with Crippen LogP contribution in [0.1, 0.15) is 16.2 Å². The molecule has 1 atom stereocenters. The molecule has 0 bridgehead atoms. The molecule has 132 valence electrons. The highest BCUT2D eigenvalue weighted by molar-refractivity contribution is 7.07. The van der Waals surface area contributed by atoms with Gasteiger partial charge in [0.15, 0.2) is 0 Å². The number of amides is 2. The van der Waals surface area contributed by atoms with Crippen LogP contribution in [0.15, 0.2) is 53.6 Å². The van der Waals surface area contributed by atoms with E-state index in [-0.39, 0.29) is 12.2 Å². The number of hydrogen-bond donors (Lipinski definition) is 2. The first-order valence-corrected chi connectivity index (χ1v) is 8.61. The summed E-state index contributed by atoms with van der Waals surface area (Å²) in [5.41, 5.74) is 5.94. The molecular formula is C17H15N5O3S. The summed E-state index contributed by atoms with van der Waals surface area (Å²) in [6.07, 6.45) is 4.79. The fraction of sp³-hybridized carbons (Fsp3) is 0.118. The Labute approximate surface area is 152 Å². The summed E-state index contributed by atoms with van der Waals surface area (Å²) < 4.78 is 1.49. The third kappa shape index (κ3) is 3.83. The van der Waals surface area contributed by atoms with E-state index in [9.17, 15) is 14.4 Å². The molecule has 0 spiro atoms. The van der Waals surface area contributed by atoms with E-state index in [0.29, 0.717) is 5.82 Å². The van der Waals surface area contributed by atoms with E-state index in [1.807, 2.05) is 16.8 Å². The third-order valence-corrected chi connectivity index (χ3v) is 4.36. The highest BCUT2D eigenvalue weighted by Gasteiger charge is 2.27. The SMILES string of the molecule is NC(=O)C(=O)C(Cc1ccsc1)NC(=O)c1nccn1-c1ccccn1. The largest absolute Gasteiger partial charge is 0.363 e. The number of rotatable bonds is 7. The van der Waals surface area contributed by atoms with Crippen LogP contribution >= 0.6 is 11.3 Å². The molecule has 1 unspecified atom stereocenters. The Morgan fingerprint density at radius 1 is 1.19 bits per heavy atom. The molecule has 0 aliphatic rings. The summed E-state index contributed by atoms with van der Waals surface area (Å²) in [6, 6.07) is 5.99. The van der Waals surface area contributed by atoms with Gasteiger partial charge in [0, 0.05) is 25.0 Å². The summed E-state index contributed by atoms with van der Waals surface area (Å²) in [4.78, 5) is 44.3. The minimum atomic E-state index is -1.10. The smallest absolute Gasteiger partial charge is 0.288 e. The van der Waals surface area contributed by atoms with Crippen LogP contribution in [0.25, 0.3) is 5.82 Å². The van der Waals surface area contributed by atoms with Gasteiger partial charge in [-0.05, 0) is 34.5 Å². The van der Waals surface area contributed by atoms with Crippen LogP contribution in [-0.2, 0) is 16.0 Å². The minimum absolute atomic E-state index is 0.0521. The molecule has 26 heavy (non-hydrogen) atoms. The topological polar surface area (TPSA) is 120 Å². The average Bonchev–Trinajstić information content (AvgIpc) is 3.32. The molecule has 0 saturated carbocycles. The molecule has 3 heterocycles. The number of nitrogens with zero attached hydrogens (tertiary/aromatic N) is 3. The number of imidazole rings is 1. The van der Waals surface area contributed by atoms with Crippen LogP contribution in [0.5, 0.6) is 0 Å². The van der Waals surface area contributed by atoms with Crippen LogP contribution in [-0.4, -0.2) is 38.2 Å². The second-order valence-electron chi connectivity index (χ2n) is 5.40. The summed E-state index contributed by atoms with van der Waals surface area (Å²) in [7, 11) is 0. The molecule has 3 rings (SSSR count). The van der Waals surface area contributed by atoms with Gasteiger partial charge < -0.3 is 11.1 Å². The second-order valence-corrected chi connectivity index (χ2v) is 6.18. The first-order valence-electron chi connectivity index (χ1n) is 7.66. The average molecular weight is 369 g/mol. The Bertz CT molecular complexity index is 921. The maximum Gasteiger partial charge on any atom is 0.288 e. The number of nitrogens with one attached hydrogen (secondary N) is 1. The lowest BCUT2D eigenvalue weighted by Crippen LogP contribution is -2.47. The maximum atomic E-state index is 12.6. The number of pyridine rings is 1. The first kappa shape index (κ1) is 17.5. The molecule has 0 saturated heterocycles. The Morgan fingerprint density at radius 2 is 2.04 bits per heavy atom. The molecule has 0 fully saturated rings. The van der Waals surface area contributed by atoms with E-state index in [1.54, 1.807) is 30.6 Å². The van der Waals surface area contributed by atoms with Gasteiger partial charge in [-0.2, -0.15) is 11.3 Å². The number of thiophene rings is 1. The number of nitrogens with two attached hydrogens (primary N) is 1. The van der Waals surface area contributed by atoms with Gasteiger partial charge in [-0.3, -0.25) is 19.0 Å². The molecule has 0 aliphatic heterocycles. The number of carbonyl (C=O) groups is 3. The van der Waals surface area contributed by atoms with Crippen molar-refractivity contribution in [1.29, 1.82) is 0 Å². The van der Waals surface area contributed by atoms with Gasteiger partial charge in [-0.1, -0.05) is 6.07 Å². The maximum absolute atomic E-state index is 12.6. The number of carbonyl (C=O) groups excluding carboxylic acids is 3. The zero-order valence-electron chi connectivity index (χ0n) is 13.5. The lowest BCUT2D eigenvalue weighted by Gasteiger charge is -2.16. The normalized spacial score (nSPS) is 11.7. The predicted molar refractivity (Wildman–Crippen MR) is 94.8 cm³/mol. The van der Waals surface area contributed by atoms with Crippen LogP contribution in [0.4, 0.5) is 0 Å². The van der Waals surface area contributed by atoms with Crippen molar-refractivity contribution in [3.05, 3.63) is 65.0 Å². The van der Waals surface area contributed by atoms with Crippen molar-refractivity contribution in [1.82, 2.24) is 19.9 Å². The summed E-state index contributed by atoms with van der Waals surface area (Å²) in [6.45, 7) is 0. The van der Waals surface area contributed by atoms with Crippen molar-refractivity contribution in [2.75, 3.05) is 0 Å². The Morgan fingerprint density at radius 3 is 2.69 bits per heavy atom. The van der Waals surface area contributed by atoms with Gasteiger partial charge in [0.25, 0.3) is 11.8 Å². The third-order valence-electron chi connectivity index (χ3n) is 3.62. The van der Waals surface area contributed by atoms with Crippen molar-refractivity contribution < 1.29 is 14.4 Å². The quantitative estimate of drug-likeness (QED) is 0.595. The predicted octanol–water partition coefficient (Wildman–Crippen LogP) is 0.724. The molecule has 3 aromatic heterocycles. The molecular weight excluding hydrogens is 354 g/mol. The summed E-state index contributed by atoms with van der Waals surface area (Å²) >= 11 is 1.45. The first-order chi connectivity index (χ1) is 12.6. The van der Waals surface area contributed by atoms with Gasteiger partial charge >= 0.3 is 0 Å². The summed E-state index contributed by atoms with van der Waals surface area (Å²) in [5.74, 6) is -2.00. The van der Waals surface area contributed by atoms with Crippen molar-refractivity contribution in [3.63, 3.8) is 0 Å².